The Labute approximate surface area is 112 Å². The van der Waals surface area contributed by atoms with E-state index >= 15 is 0 Å². The third kappa shape index (κ3) is 3.10. The summed E-state index contributed by atoms with van der Waals surface area (Å²) in [5, 5.41) is 4.15. The second-order valence-corrected chi connectivity index (χ2v) is 4.28. The maximum atomic E-state index is 12.0. The molecule has 0 aliphatic rings. The van der Waals surface area contributed by atoms with E-state index in [1.807, 2.05) is 44.2 Å². The molecule has 19 heavy (non-hydrogen) atoms. The highest BCUT2D eigenvalue weighted by Crippen LogP contribution is 2.12. The molecule has 0 saturated heterocycles. The van der Waals surface area contributed by atoms with Crippen LogP contribution >= 0.6 is 0 Å². The molecule has 1 heterocycles. The van der Waals surface area contributed by atoms with Crippen LogP contribution in [0.25, 0.3) is 6.08 Å². The molecule has 2 rings (SSSR count). The third-order valence-corrected chi connectivity index (χ3v) is 2.75. The zero-order valence-corrected chi connectivity index (χ0v) is 11.3. The van der Waals surface area contributed by atoms with Crippen molar-refractivity contribution in [2.45, 2.75) is 13.8 Å². The lowest BCUT2D eigenvalue weighted by Gasteiger charge is -2.00. The number of aryl methyl sites for hydroxylation is 2. The molecule has 0 spiro atoms. The Kier molecular flexibility index (Phi) is 3.80. The van der Waals surface area contributed by atoms with Gasteiger partial charge in [0.25, 0.3) is 5.91 Å². The first-order valence-electron chi connectivity index (χ1n) is 6.00. The fraction of sp³-hybridized carbons (Fsp3) is 0.200. The van der Waals surface area contributed by atoms with E-state index in [4.69, 9.17) is 4.74 Å². The van der Waals surface area contributed by atoms with Crippen molar-refractivity contribution in [1.29, 1.82) is 0 Å². The quantitative estimate of drug-likeness (QED) is 0.793. The topological polar surface area (TPSA) is 44.1 Å². The standard InChI is InChI=1S/C15H16N2O2/c1-11-10-12(2)17(16-11)15(18)9-6-13-4-7-14(19-3)8-5-13/h4-10H,1-3H3. The first-order chi connectivity index (χ1) is 9.10. The molecule has 98 valence electrons. The lowest BCUT2D eigenvalue weighted by molar-refractivity contribution is 0.0952. The summed E-state index contributed by atoms with van der Waals surface area (Å²) in [4.78, 5) is 12.0. The summed E-state index contributed by atoms with van der Waals surface area (Å²) in [6, 6.07) is 9.37. The van der Waals surface area contributed by atoms with Gasteiger partial charge in [0.15, 0.2) is 0 Å². The van der Waals surface area contributed by atoms with Crippen molar-refractivity contribution in [3.8, 4) is 5.75 Å². The number of methoxy groups -OCH3 is 1. The molecule has 0 bridgehead atoms. The minimum Gasteiger partial charge on any atom is -0.497 e. The van der Waals surface area contributed by atoms with Crippen LogP contribution in [0, 0.1) is 13.8 Å². The molecule has 1 aromatic carbocycles. The Bertz CT molecular complexity index is 610. The molecule has 0 unspecified atom stereocenters. The van der Waals surface area contributed by atoms with Crippen molar-refractivity contribution in [2.75, 3.05) is 7.11 Å². The zero-order valence-electron chi connectivity index (χ0n) is 11.3. The molecule has 0 aliphatic heterocycles. The number of aromatic nitrogens is 2. The number of carbonyl (C=O) groups is 1. The summed E-state index contributed by atoms with van der Waals surface area (Å²) in [7, 11) is 1.62. The summed E-state index contributed by atoms with van der Waals surface area (Å²) < 4.78 is 6.48. The van der Waals surface area contributed by atoms with E-state index in [1.54, 1.807) is 13.2 Å². The second-order valence-electron chi connectivity index (χ2n) is 4.28. The Balaban J connectivity index is 2.13. The maximum Gasteiger partial charge on any atom is 0.271 e. The van der Waals surface area contributed by atoms with Crippen LogP contribution in [0.1, 0.15) is 21.7 Å². The number of carbonyl (C=O) groups excluding carboxylic acids is 1. The van der Waals surface area contributed by atoms with Gasteiger partial charge in [0.2, 0.25) is 0 Å². The molecule has 0 radical (unpaired) electrons. The number of allylic oxidation sites excluding steroid dienone is 1. The molecule has 0 saturated carbocycles. The van der Waals surface area contributed by atoms with Crippen LogP contribution in [-0.2, 0) is 0 Å². The smallest absolute Gasteiger partial charge is 0.271 e. The van der Waals surface area contributed by atoms with Crippen LogP contribution in [0.2, 0.25) is 0 Å². The first-order valence-corrected chi connectivity index (χ1v) is 6.00. The van der Waals surface area contributed by atoms with Gasteiger partial charge < -0.3 is 4.74 Å². The molecule has 0 amide bonds. The van der Waals surface area contributed by atoms with Gasteiger partial charge in [0.05, 0.1) is 12.8 Å². The molecular formula is C15H16N2O2. The van der Waals surface area contributed by atoms with Crippen LogP contribution < -0.4 is 4.74 Å². The Morgan fingerprint density at radius 2 is 1.95 bits per heavy atom. The molecule has 1 aromatic heterocycles. The molecule has 0 aliphatic carbocycles. The van der Waals surface area contributed by atoms with Crippen molar-refractivity contribution in [2.24, 2.45) is 0 Å². The molecule has 4 nitrogen and oxygen atoms in total. The van der Waals surface area contributed by atoms with Crippen molar-refractivity contribution in [3.05, 3.63) is 53.4 Å². The molecule has 0 atom stereocenters. The largest absolute Gasteiger partial charge is 0.497 e. The fourth-order valence-corrected chi connectivity index (χ4v) is 1.81. The van der Waals surface area contributed by atoms with Gasteiger partial charge in [0, 0.05) is 11.8 Å². The van der Waals surface area contributed by atoms with Gasteiger partial charge in [-0.2, -0.15) is 5.10 Å². The summed E-state index contributed by atoms with van der Waals surface area (Å²) in [5.74, 6) is 0.642. The van der Waals surface area contributed by atoms with Crippen LogP contribution in [-0.4, -0.2) is 22.8 Å². The normalized spacial score (nSPS) is 10.9. The van der Waals surface area contributed by atoms with E-state index in [1.165, 1.54) is 10.8 Å². The van der Waals surface area contributed by atoms with E-state index in [-0.39, 0.29) is 5.91 Å². The van der Waals surface area contributed by atoms with Crippen molar-refractivity contribution in [1.82, 2.24) is 9.78 Å². The van der Waals surface area contributed by atoms with Gasteiger partial charge in [-0.1, -0.05) is 12.1 Å². The lowest BCUT2D eigenvalue weighted by atomic mass is 10.2. The SMILES string of the molecule is COc1ccc(C=CC(=O)n2nc(C)cc2C)cc1. The number of hydrogen-bond acceptors (Lipinski definition) is 3. The van der Waals surface area contributed by atoms with Gasteiger partial charge >= 0.3 is 0 Å². The summed E-state index contributed by atoms with van der Waals surface area (Å²) in [5.41, 5.74) is 2.61. The predicted octanol–water partition coefficient (Wildman–Crippen LogP) is 2.86. The first kappa shape index (κ1) is 13.1. The predicted molar refractivity (Wildman–Crippen MR) is 74.4 cm³/mol. The number of benzene rings is 1. The van der Waals surface area contributed by atoms with E-state index in [2.05, 4.69) is 5.10 Å². The van der Waals surface area contributed by atoms with E-state index in [0.29, 0.717) is 0 Å². The van der Waals surface area contributed by atoms with Gasteiger partial charge in [-0.25, -0.2) is 4.68 Å². The zero-order chi connectivity index (χ0) is 13.8. The van der Waals surface area contributed by atoms with Gasteiger partial charge in [-0.15, -0.1) is 0 Å². The lowest BCUT2D eigenvalue weighted by Crippen LogP contribution is -2.10. The van der Waals surface area contributed by atoms with Crippen LogP contribution in [0.15, 0.2) is 36.4 Å². The molecule has 2 aromatic rings. The summed E-state index contributed by atoms with van der Waals surface area (Å²) in [6.07, 6.45) is 3.28. The Hall–Kier alpha value is -2.36. The monoisotopic (exact) mass is 256 g/mol. The van der Waals surface area contributed by atoms with Gasteiger partial charge in [0.1, 0.15) is 5.75 Å². The maximum absolute atomic E-state index is 12.0. The summed E-state index contributed by atoms with van der Waals surface area (Å²) in [6.45, 7) is 3.73. The second kappa shape index (κ2) is 5.52. The Morgan fingerprint density at radius 3 is 2.47 bits per heavy atom. The number of nitrogens with zero attached hydrogens (tertiary/aromatic N) is 2. The number of ether oxygens (including phenoxy) is 1. The van der Waals surface area contributed by atoms with E-state index in [0.717, 1.165) is 22.7 Å². The summed E-state index contributed by atoms with van der Waals surface area (Å²) >= 11 is 0. The minimum atomic E-state index is -0.151. The Morgan fingerprint density at radius 1 is 1.26 bits per heavy atom. The van der Waals surface area contributed by atoms with Gasteiger partial charge in [-0.3, -0.25) is 4.79 Å². The average molecular weight is 256 g/mol. The van der Waals surface area contributed by atoms with E-state index < -0.39 is 0 Å². The molecule has 0 fully saturated rings. The highest BCUT2D eigenvalue weighted by atomic mass is 16.5. The third-order valence-electron chi connectivity index (χ3n) is 2.75. The van der Waals surface area contributed by atoms with Crippen LogP contribution in [0.3, 0.4) is 0 Å². The van der Waals surface area contributed by atoms with Crippen LogP contribution in [0.4, 0.5) is 0 Å². The highest BCUT2D eigenvalue weighted by Gasteiger charge is 2.06. The van der Waals surface area contributed by atoms with Crippen LogP contribution in [0.5, 0.6) is 5.75 Å². The fourth-order valence-electron chi connectivity index (χ4n) is 1.81. The minimum absolute atomic E-state index is 0.151. The number of rotatable bonds is 3. The van der Waals surface area contributed by atoms with Crippen molar-refractivity contribution < 1.29 is 9.53 Å². The number of hydrogen-bond donors (Lipinski definition) is 0. The van der Waals surface area contributed by atoms with Gasteiger partial charge in [-0.05, 0) is 43.7 Å². The average Bonchev–Trinajstić information content (AvgIpc) is 2.75. The molecular weight excluding hydrogens is 240 g/mol. The van der Waals surface area contributed by atoms with Crippen molar-refractivity contribution in [3.63, 3.8) is 0 Å². The van der Waals surface area contributed by atoms with E-state index in [9.17, 15) is 4.79 Å². The van der Waals surface area contributed by atoms with Crippen molar-refractivity contribution >= 4 is 12.0 Å². The molecule has 0 N–H and O–H groups in total. The molecule has 4 heteroatoms. The highest BCUT2D eigenvalue weighted by molar-refractivity contribution is 5.93.